The molecular formula is C14H21NO. The number of hydrogen-bond acceptors (Lipinski definition) is 1. The molecule has 0 heterocycles. The van der Waals surface area contributed by atoms with E-state index in [4.69, 9.17) is 0 Å². The van der Waals surface area contributed by atoms with Gasteiger partial charge in [0.25, 0.3) is 5.91 Å². The third-order valence-electron chi connectivity index (χ3n) is 2.55. The lowest BCUT2D eigenvalue weighted by Gasteiger charge is -2.19. The van der Waals surface area contributed by atoms with Crippen LogP contribution in [0.3, 0.4) is 0 Å². The van der Waals surface area contributed by atoms with Crippen molar-refractivity contribution < 1.29 is 4.79 Å². The zero-order valence-corrected chi connectivity index (χ0v) is 10.6. The van der Waals surface area contributed by atoms with Crippen molar-refractivity contribution in [1.29, 1.82) is 0 Å². The lowest BCUT2D eigenvalue weighted by molar-refractivity contribution is 0.0953. The highest BCUT2D eigenvalue weighted by Gasteiger charge is 2.13. The standard InChI is InChI=1S/C14H21NO/c1-5-10-15-13(16)11-6-8-12(9-7-11)14(2,3)4/h6-9H,5,10H2,1-4H3,(H,15,16). The van der Waals surface area contributed by atoms with E-state index < -0.39 is 0 Å². The van der Waals surface area contributed by atoms with Crippen LogP contribution in [0.5, 0.6) is 0 Å². The molecule has 16 heavy (non-hydrogen) atoms. The molecule has 2 heteroatoms. The van der Waals surface area contributed by atoms with Gasteiger partial charge in [-0.15, -0.1) is 0 Å². The largest absolute Gasteiger partial charge is 0.352 e. The predicted octanol–water partition coefficient (Wildman–Crippen LogP) is 3.12. The van der Waals surface area contributed by atoms with E-state index >= 15 is 0 Å². The second-order valence-electron chi connectivity index (χ2n) is 5.08. The molecule has 1 N–H and O–H groups in total. The minimum atomic E-state index is 0.0160. The first-order chi connectivity index (χ1) is 7.45. The number of nitrogens with one attached hydrogen (secondary N) is 1. The Kier molecular flexibility index (Phi) is 4.11. The lowest BCUT2D eigenvalue weighted by Crippen LogP contribution is -2.24. The van der Waals surface area contributed by atoms with Gasteiger partial charge in [-0.2, -0.15) is 0 Å². The highest BCUT2D eigenvalue weighted by Crippen LogP contribution is 2.22. The summed E-state index contributed by atoms with van der Waals surface area (Å²) >= 11 is 0. The molecule has 1 aromatic rings. The summed E-state index contributed by atoms with van der Waals surface area (Å²) in [6.07, 6.45) is 0.964. The van der Waals surface area contributed by atoms with Crippen LogP contribution in [0.25, 0.3) is 0 Å². The fourth-order valence-corrected chi connectivity index (χ4v) is 1.46. The van der Waals surface area contributed by atoms with Crippen LogP contribution in [0, 0.1) is 0 Å². The third-order valence-corrected chi connectivity index (χ3v) is 2.55. The van der Waals surface area contributed by atoms with Gasteiger partial charge in [-0.05, 0) is 29.5 Å². The molecule has 1 aromatic carbocycles. The van der Waals surface area contributed by atoms with Crippen molar-refractivity contribution in [2.24, 2.45) is 0 Å². The number of carbonyl (C=O) groups excluding carboxylic acids is 1. The van der Waals surface area contributed by atoms with Crippen LogP contribution in [0.2, 0.25) is 0 Å². The summed E-state index contributed by atoms with van der Waals surface area (Å²) in [7, 11) is 0. The monoisotopic (exact) mass is 219 g/mol. The van der Waals surface area contributed by atoms with Crippen LogP contribution in [-0.4, -0.2) is 12.5 Å². The van der Waals surface area contributed by atoms with Crippen LogP contribution >= 0.6 is 0 Å². The quantitative estimate of drug-likeness (QED) is 0.831. The minimum absolute atomic E-state index is 0.0160. The first-order valence-corrected chi connectivity index (χ1v) is 5.84. The fourth-order valence-electron chi connectivity index (χ4n) is 1.46. The summed E-state index contributed by atoms with van der Waals surface area (Å²) in [5.41, 5.74) is 2.12. The Bertz CT molecular complexity index is 346. The molecule has 0 radical (unpaired) electrons. The van der Waals surface area contributed by atoms with Crippen LogP contribution in [0.4, 0.5) is 0 Å². The molecule has 0 atom stereocenters. The van der Waals surface area contributed by atoms with Gasteiger partial charge in [-0.1, -0.05) is 39.8 Å². The van der Waals surface area contributed by atoms with Gasteiger partial charge in [-0.3, -0.25) is 4.79 Å². The molecule has 0 aromatic heterocycles. The Hall–Kier alpha value is -1.31. The normalized spacial score (nSPS) is 11.2. The zero-order valence-electron chi connectivity index (χ0n) is 10.6. The number of amides is 1. The van der Waals surface area contributed by atoms with Crippen molar-refractivity contribution in [1.82, 2.24) is 5.32 Å². The van der Waals surface area contributed by atoms with E-state index in [1.54, 1.807) is 0 Å². The second kappa shape index (κ2) is 5.15. The van der Waals surface area contributed by atoms with E-state index in [1.165, 1.54) is 5.56 Å². The molecule has 0 aliphatic carbocycles. The zero-order chi connectivity index (χ0) is 12.2. The van der Waals surface area contributed by atoms with Gasteiger partial charge in [0.05, 0.1) is 0 Å². The molecule has 2 nitrogen and oxygen atoms in total. The van der Waals surface area contributed by atoms with Gasteiger partial charge in [0, 0.05) is 12.1 Å². The molecule has 0 aliphatic heterocycles. The Balaban J connectivity index is 2.75. The highest BCUT2D eigenvalue weighted by molar-refractivity contribution is 5.94. The highest BCUT2D eigenvalue weighted by atomic mass is 16.1. The van der Waals surface area contributed by atoms with Gasteiger partial charge in [0.1, 0.15) is 0 Å². The number of benzene rings is 1. The van der Waals surface area contributed by atoms with E-state index in [1.807, 2.05) is 31.2 Å². The molecule has 0 saturated heterocycles. The summed E-state index contributed by atoms with van der Waals surface area (Å²) in [4.78, 5) is 11.7. The molecule has 1 rings (SSSR count). The van der Waals surface area contributed by atoms with E-state index in [2.05, 4.69) is 26.1 Å². The molecule has 88 valence electrons. The van der Waals surface area contributed by atoms with Crippen LogP contribution in [0.1, 0.15) is 50.0 Å². The minimum Gasteiger partial charge on any atom is -0.352 e. The Morgan fingerprint density at radius 2 is 1.75 bits per heavy atom. The number of carbonyl (C=O) groups is 1. The summed E-state index contributed by atoms with van der Waals surface area (Å²) in [6.45, 7) is 9.28. The molecule has 0 fully saturated rings. The first-order valence-electron chi connectivity index (χ1n) is 5.84. The summed E-state index contributed by atoms with van der Waals surface area (Å²) in [5, 5.41) is 2.87. The molecule has 0 spiro atoms. The molecule has 0 bridgehead atoms. The Morgan fingerprint density at radius 3 is 2.19 bits per heavy atom. The van der Waals surface area contributed by atoms with Crippen molar-refractivity contribution in [2.75, 3.05) is 6.54 Å². The molecule has 1 amide bonds. The van der Waals surface area contributed by atoms with E-state index in [0.717, 1.165) is 18.5 Å². The van der Waals surface area contributed by atoms with E-state index in [0.29, 0.717) is 0 Å². The smallest absolute Gasteiger partial charge is 0.251 e. The molecule has 0 unspecified atom stereocenters. The summed E-state index contributed by atoms with van der Waals surface area (Å²) in [6, 6.07) is 7.85. The average Bonchev–Trinajstić information content (AvgIpc) is 2.25. The van der Waals surface area contributed by atoms with Gasteiger partial charge < -0.3 is 5.32 Å². The SMILES string of the molecule is CCCNC(=O)c1ccc(C(C)(C)C)cc1. The topological polar surface area (TPSA) is 29.1 Å². The van der Waals surface area contributed by atoms with Crippen molar-refractivity contribution in [3.63, 3.8) is 0 Å². The van der Waals surface area contributed by atoms with Gasteiger partial charge in [0.2, 0.25) is 0 Å². The van der Waals surface area contributed by atoms with E-state index in [9.17, 15) is 4.79 Å². The van der Waals surface area contributed by atoms with E-state index in [-0.39, 0.29) is 11.3 Å². The number of hydrogen-bond donors (Lipinski definition) is 1. The van der Waals surface area contributed by atoms with Crippen molar-refractivity contribution in [3.05, 3.63) is 35.4 Å². The lowest BCUT2D eigenvalue weighted by atomic mass is 9.87. The van der Waals surface area contributed by atoms with Crippen LogP contribution in [0.15, 0.2) is 24.3 Å². The van der Waals surface area contributed by atoms with Crippen molar-refractivity contribution in [2.45, 2.75) is 39.5 Å². The first kappa shape index (κ1) is 12.8. The van der Waals surface area contributed by atoms with Gasteiger partial charge in [-0.25, -0.2) is 0 Å². The third kappa shape index (κ3) is 3.37. The fraction of sp³-hybridized carbons (Fsp3) is 0.500. The van der Waals surface area contributed by atoms with Gasteiger partial charge in [0.15, 0.2) is 0 Å². The summed E-state index contributed by atoms with van der Waals surface area (Å²) < 4.78 is 0. The average molecular weight is 219 g/mol. The van der Waals surface area contributed by atoms with Crippen LogP contribution < -0.4 is 5.32 Å². The maximum absolute atomic E-state index is 11.7. The molecule has 0 saturated carbocycles. The van der Waals surface area contributed by atoms with Gasteiger partial charge >= 0.3 is 0 Å². The summed E-state index contributed by atoms with van der Waals surface area (Å²) in [5.74, 6) is 0.0160. The van der Waals surface area contributed by atoms with Crippen molar-refractivity contribution >= 4 is 5.91 Å². The maximum Gasteiger partial charge on any atom is 0.251 e. The van der Waals surface area contributed by atoms with Crippen LogP contribution in [-0.2, 0) is 5.41 Å². The molecule has 0 aliphatic rings. The molecular weight excluding hydrogens is 198 g/mol. The predicted molar refractivity (Wildman–Crippen MR) is 67.8 cm³/mol. The Morgan fingerprint density at radius 1 is 1.19 bits per heavy atom. The van der Waals surface area contributed by atoms with Crippen molar-refractivity contribution in [3.8, 4) is 0 Å². The Labute approximate surface area is 98.1 Å². The number of rotatable bonds is 3. The second-order valence-corrected chi connectivity index (χ2v) is 5.08. The maximum atomic E-state index is 11.7.